The van der Waals surface area contributed by atoms with E-state index in [0.29, 0.717) is 5.41 Å². The van der Waals surface area contributed by atoms with Crippen LogP contribution in [0.3, 0.4) is 0 Å². The molecule has 3 aliphatic rings. The van der Waals surface area contributed by atoms with E-state index in [2.05, 4.69) is 37.5 Å². The second kappa shape index (κ2) is 4.49. The number of hydrogen-bond acceptors (Lipinski definition) is 2. The third-order valence-corrected chi connectivity index (χ3v) is 5.78. The minimum atomic E-state index is 0.633. The summed E-state index contributed by atoms with van der Waals surface area (Å²) in [5.41, 5.74) is 0.633. The largest absolute Gasteiger partial charge is 0.298 e. The maximum Gasteiger partial charge on any atom is 0.0247 e. The number of fused-ring (bicyclic) bond motifs is 1. The molecule has 0 aromatic heterocycles. The maximum absolute atomic E-state index is 2.84. The van der Waals surface area contributed by atoms with Crippen molar-refractivity contribution in [1.82, 2.24) is 9.80 Å². The lowest BCUT2D eigenvalue weighted by Crippen LogP contribution is -2.58. The summed E-state index contributed by atoms with van der Waals surface area (Å²) in [7, 11) is 0. The van der Waals surface area contributed by atoms with E-state index in [-0.39, 0.29) is 0 Å². The van der Waals surface area contributed by atoms with Gasteiger partial charge in [-0.25, -0.2) is 0 Å². The van der Waals surface area contributed by atoms with E-state index < -0.39 is 0 Å². The Labute approximate surface area is 113 Å². The van der Waals surface area contributed by atoms with Crippen LogP contribution in [0.15, 0.2) is 0 Å². The molecule has 0 spiro atoms. The molecular weight excluding hydrogens is 220 g/mol. The molecule has 0 amide bonds. The monoisotopic (exact) mass is 250 g/mol. The summed E-state index contributed by atoms with van der Waals surface area (Å²) in [6.07, 6.45) is 4.32. The average Bonchev–Trinajstić information content (AvgIpc) is 2.73. The molecule has 0 radical (unpaired) electrons. The summed E-state index contributed by atoms with van der Waals surface area (Å²) in [5, 5.41) is 0. The lowest BCUT2D eigenvalue weighted by molar-refractivity contribution is 0.0243. The Hall–Kier alpha value is -0.0800. The Kier molecular flexibility index (Phi) is 3.22. The maximum atomic E-state index is 2.84. The van der Waals surface area contributed by atoms with Crippen LogP contribution in [0.4, 0.5) is 0 Å². The van der Waals surface area contributed by atoms with Gasteiger partial charge in [0.2, 0.25) is 0 Å². The van der Waals surface area contributed by atoms with Crippen LogP contribution in [0.1, 0.15) is 47.0 Å². The zero-order valence-electron chi connectivity index (χ0n) is 12.7. The molecular formula is C16H30N2. The molecule has 2 aliphatic heterocycles. The van der Waals surface area contributed by atoms with Gasteiger partial charge in [0.1, 0.15) is 0 Å². The topological polar surface area (TPSA) is 6.48 Å². The van der Waals surface area contributed by atoms with Crippen molar-refractivity contribution in [3.8, 4) is 0 Å². The molecule has 104 valence electrons. The average molecular weight is 250 g/mol. The zero-order chi connectivity index (χ0) is 12.9. The molecule has 1 aliphatic carbocycles. The van der Waals surface area contributed by atoms with Crippen LogP contribution in [0, 0.1) is 17.3 Å². The first-order valence-corrected chi connectivity index (χ1v) is 7.95. The first-order chi connectivity index (χ1) is 8.47. The standard InChI is InChI=1S/C16H30N2/c1-12(2)15-11-17-7-5-6-14(17)10-18(15)9-13-8-16(13,3)4/h12-15H,5-11H2,1-4H3. The predicted molar refractivity (Wildman–Crippen MR) is 76.7 cm³/mol. The molecule has 2 heterocycles. The van der Waals surface area contributed by atoms with Gasteiger partial charge in [-0.05, 0) is 43.1 Å². The van der Waals surface area contributed by atoms with E-state index in [4.69, 9.17) is 0 Å². The van der Waals surface area contributed by atoms with E-state index >= 15 is 0 Å². The molecule has 3 rings (SSSR count). The zero-order valence-corrected chi connectivity index (χ0v) is 12.7. The van der Waals surface area contributed by atoms with Crippen molar-refractivity contribution in [2.45, 2.75) is 59.0 Å². The first kappa shape index (κ1) is 12.9. The summed E-state index contributed by atoms with van der Waals surface area (Å²) in [4.78, 5) is 5.61. The molecule has 1 saturated carbocycles. The van der Waals surface area contributed by atoms with Gasteiger partial charge >= 0.3 is 0 Å². The Morgan fingerprint density at radius 2 is 1.94 bits per heavy atom. The van der Waals surface area contributed by atoms with Crippen LogP contribution in [0.25, 0.3) is 0 Å². The highest BCUT2D eigenvalue weighted by Gasteiger charge is 2.48. The van der Waals surface area contributed by atoms with E-state index in [0.717, 1.165) is 23.9 Å². The number of hydrogen-bond donors (Lipinski definition) is 0. The third-order valence-electron chi connectivity index (χ3n) is 5.78. The van der Waals surface area contributed by atoms with Crippen molar-refractivity contribution in [2.75, 3.05) is 26.2 Å². The van der Waals surface area contributed by atoms with Crippen molar-refractivity contribution in [3.05, 3.63) is 0 Å². The van der Waals surface area contributed by atoms with Gasteiger partial charge in [0.25, 0.3) is 0 Å². The molecule has 2 nitrogen and oxygen atoms in total. The highest BCUT2D eigenvalue weighted by molar-refractivity contribution is 5.00. The summed E-state index contributed by atoms with van der Waals surface area (Å²) in [6, 6.07) is 1.68. The fourth-order valence-corrected chi connectivity index (χ4v) is 4.12. The highest BCUT2D eigenvalue weighted by atomic mass is 15.3. The lowest BCUT2D eigenvalue weighted by atomic mass is 9.96. The van der Waals surface area contributed by atoms with Gasteiger partial charge < -0.3 is 0 Å². The van der Waals surface area contributed by atoms with Crippen molar-refractivity contribution >= 4 is 0 Å². The molecule has 0 N–H and O–H groups in total. The molecule has 0 aromatic carbocycles. The number of piperazine rings is 1. The van der Waals surface area contributed by atoms with Crippen molar-refractivity contribution in [1.29, 1.82) is 0 Å². The molecule has 2 saturated heterocycles. The van der Waals surface area contributed by atoms with E-state index in [1.807, 2.05) is 0 Å². The molecule has 2 heteroatoms. The van der Waals surface area contributed by atoms with E-state index in [1.54, 1.807) is 0 Å². The second-order valence-electron chi connectivity index (χ2n) is 7.95. The SMILES string of the molecule is CC(C)C1CN2CCCC2CN1CC1CC1(C)C. The van der Waals surface area contributed by atoms with Crippen LogP contribution in [0.5, 0.6) is 0 Å². The Balaban J connectivity index is 1.66. The van der Waals surface area contributed by atoms with Gasteiger partial charge in [-0.1, -0.05) is 27.7 Å². The molecule has 3 unspecified atom stereocenters. The third kappa shape index (κ3) is 2.34. The van der Waals surface area contributed by atoms with Crippen molar-refractivity contribution < 1.29 is 0 Å². The molecule has 18 heavy (non-hydrogen) atoms. The van der Waals surface area contributed by atoms with Crippen LogP contribution in [-0.2, 0) is 0 Å². The van der Waals surface area contributed by atoms with Crippen LogP contribution in [-0.4, -0.2) is 48.1 Å². The van der Waals surface area contributed by atoms with Crippen LogP contribution >= 0.6 is 0 Å². The summed E-state index contributed by atoms with van der Waals surface area (Å²) < 4.78 is 0. The Morgan fingerprint density at radius 1 is 1.22 bits per heavy atom. The first-order valence-electron chi connectivity index (χ1n) is 7.95. The molecule has 3 atom stereocenters. The number of nitrogens with zero attached hydrogens (tertiary/aromatic N) is 2. The normalized spacial score (nSPS) is 40.2. The summed E-state index contributed by atoms with van der Waals surface area (Å²) >= 11 is 0. The van der Waals surface area contributed by atoms with Gasteiger partial charge in [0.15, 0.2) is 0 Å². The predicted octanol–water partition coefficient (Wildman–Crippen LogP) is 2.84. The van der Waals surface area contributed by atoms with Gasteiger partial charge in [-0.2, -0.15) is 0 Å². The van der Waals surface area contributed by atoms with E-state index in [9.17, 15) is 0 Å². The fraction of sp³-hybridized carbons (Fsp3) is 1.00. The summed E-state index contributed by atoms with van der Waals surface area (Å²) in [5.74, 6) is 1.76. The highest BCUT2D eigenvalue weighted by Crippen LogP contribution is 2.52. The van der Waals surface area contributed by atoms with Gasteiger partial charge in [-0.3, -0.25) is 9.80 Å². The van der Waals surface area contributed by atoms with E-state index in [1.165, 1.54) is 45.4 Å². The van der Waals surface area contributed by atoms with Gasteiger partial charge in [0.05, 0.1) is 0 Å². The smallest absolute Gasteiger partial charge is 0.0247 e. The van der Waals surface area contributed by atoms with Crippen LogP contribution < -0.4 is 0 Å². The lowest BCUT2D eigenvalue weighted by Gasteiger charge is -2.46. The second-order valence-corrected chi connectivity index (χ2v) is 7.95. The van der Waals surface area contributed by atoms with Gasteiger partial charge in [0, 0.05) is 31.7 Å². The van der Waals surface area contributed by atoms with Crippen LogP contribution in [0.2, 0.25) is 0 Å². The van der Waals surface area contributed by atoms with Crippen molar-refractivity contribution in [2.24, 2.45) is 17.3 Å². The van der Waals surface area contributed by atoms with Crippen molar-refractivity contribution in [3.63, 3.8) is 0 Å². The minimum absolute atomic E-state index is 0.633. The number of rotatable bonds is 3. The Bertz CT molecular complexity index is 308. The Morgan fingerprint density at radius 3 is 2.56 bits per heavy atom. The minimum Gasteiger partial charge on any atom is -0.298 e. The molecule has 0 aromatic rings. The molecule has 0 bridgehead atoms. The fourth-order valence-electron chi connectivity index (χ4n) is 4.12. The quantitative estimate of drug-likeness (QED) is 0.760. The summed E-state index contributed by atoms with van der Waals surface area (Å²) in [6.45, 7) is 15.1. The van der Waals surface area contributed by atoms with Gasteiger partial charge in [-0.15, -0.1) is 0 Å². The molecule has 3 fully saturated rings.